The van der Waals surface area contributed by atoms with Crippen molar-refractivity contribution in [2.45, 2.75) is 33.1 Å². The lowest BCUT2D eigenvalue weighted by atomic mass is 9.74. The summed E-state index contributed by atoms with van der Waals surface area (Å²) in [5, 5.41) is 0. The summed E-state index contributed by atoms with van der Waals surface area (Å²) in [4.78, 5) is 12.4. The Kier molecular flexibility index (Phi) is 3.89. The minimum absolute atomic E-state index is 0.0233. The van der Waals surface area contributed by atoms with Crippen molar-refractivity contribution in [3.05, 3.63) is 59.3 Å². The van der Waals surface area contributed by atoms with Crippen molar-refractivity contribution in [1.29, 1.82) is 0 Å². The minimum atomic E-state index is 0.0233. The molecule has 0 bridgehead atoms. The van der Waals surface area contributed by atoms with Crippen molar-refractivity contribution in [3.8, 4) is 0 Å². The van der Waals surface area contributed by atoms with E-state index in [1.807, 2.05) is 36.4 Å². The highest BCUT2D eigenvalue weighted by molar-refractivity contribution is 6.11. The van der Waals surface area contributed by atoms with Gasteiger partial charge in [0.2, 0.25) is 0 Å². The van der Waals surface area contributed by atoms with E-state index in [9.17, 15) is 4.79 Å². The van der Waals surface area contributed by atoms with Crippen LogP contribution in [0.2, 0.25) is 0 Å². The zero-order valence-corrected chi connectivity index (χ0v) is 11.6. The summed E-state index contributed by atoms with van der Waals surface area (Å²) in [5.74, 6) is 0.0233. The quantitative estimate of drug-likeness (QED) is 0.830. The predicted octanol–water partition coefficient (Wildman–Crippen LogP) is 3.85. The van der Waals surface area contributed by atoms with Crippen molar-refractivity contribution < 1.29 is 4.79 Å². The zero-order valence-electron chi connectivity index (χ0n) is 11.6. The van der Waals surface area contributed by atoms with Gasteiger partial charge in [0.05, 0.1) is 0 Å². The van der Waals surface area contributed by atoms with Crippen LogP contribution in [0.25, 0.3) is 0 Å². The number of carbonyl (C=O) groups excluding carboxylic acids is 1. The number of hydrogen-bond acceptors (Lipinski definition) is 2. The molecule has 0 saturated carbocycles. The molecule has 2 rings (SSSR count). The average molecular weight is 255 g/mol. The van der Waals surface area contributed by atoms with E-state index in [4.69, 9.17) is 5.73 Å². The molecule has 2 nitrogen and oxygen atoms in total. The molecule has 0 radical (unpaired) electrons. The number of carbonyl (C=O) groups is 1. The molecule has 0 atom stereocenters. The SMILES string of the molecule is CCC1(CC)C=CC(C(=O)c2ccccc2)=C(N)C1. The van der Waals surface area contributed by atoms with E-state index < -0.39 is 0 Å². The van der Waals surface area contributed by atoms with E-state index in [1.54, 1.807) is 0 Å². The Morgan fingerprint density at radius 2 is 1.84 bits per heavy atom. The van der Waals surface area contributed by atoms with Crippen LogP contribution in [-0.2, 0) is 0 Å². The highest BCUT2D eigenvalue weighted by atomic mass is 16.1. The molecule has 19 heavy (non-hydrogen) atoms. The first-order valence-electron chi connectivity index (χ1n) is 6.89. The molecule has 0 spiro atoms. The van der Waals surface area contributed by atoms with E-state index in [2.05, 4.69) is 19.9 Å². The molecule has 1 aromatic rings. The maximum absolute atomic E-state index is 12.4. The number of rotatable bonds is 4. The van der Waals surface area contributed by atoms with Gasteiger partial charge >= 0.3 is 0 Å². The van der Waals surface area contributed by atoms with Gasteiger partial charge in [-0.2, -0.15) is 0 Å². The van der Waals surface area contributed by atoms with Crippen molar-refractivity contribution in [1.82, 2.24) is 0 Å². The maximum Gasteiger partial charge on any atom is 0.194 e. The maximum atomic E-state index is 12.4. The Morgan fingerprint density at radius 3 is 2.37 bits per heavy atom. The second-order valence-corrected chi connectivity index (χ2v) is 5.21. The Balaban J connectivity index is 2.29. The number of nitrogens with two attached hydrogens (primary N) is 1. The highest BCUT2D eigenvalue weighted by Gasteiger charge is 2.29. The molecule has 2 N–H and O–H groups in total. The second-order valence-electron chi connectivity index (χ2n) is 5.21. The first-order valence-corrected chi connectivity index (χ1v) is 6.89. The van der Waals surface area contributed by atoms with Crippen LogP contribution in [0.3, 0.4) is 0 Å². The Morgan fingerprint density at radius 1 is 1.21 bits per heavy atom. The van der Waals surface area contributed by atoms with Crippen molar-refractivity contribution in [2.75, 3.05) is 0 Å². The summed E-state index contributed by atoms with van der Waals surface area (Å²) in [6, 6.07) is 9.32. The predicted molar refractivity (Wildman–Crippen MR) is 78.8 cm³/mol. The van der Waals surface area contributed by atoms with Gasteiger partial charge in [-0.05, 0) is 24.7 Å². The van der Waals surface area contributed by atoms with Crippen LogP contribution < -0.4 is 5.73 Å². The molecule has 0 fully saturated rings. The van der Waals surface area contributed by atoms with Gasteiger partial charge < -0.3 is 5.73 Å². The fraction of sp³-hybridized carbons (Fsp3) is 0.353. The number of ketones is 1. The Bertz CT molecular complexity index is 521. The normalized spacial score (nSPS) is 17.6. The van der Waals surface area contributed by atoms with Crippen molar-refractivity contribution >= 4 is 5.78 Å². The second kappa shape index (κ2) is 5.43. The third kappa shape index (κ3) is 2.62. The Hall–Kier alpha value is -1.83. The molecular weight excluding hydrogens is 234 g/mol. The van der Waals surface area contributed by atoms with Crippen LogP contribution in [0.5, 0.6) is 0 Å². The van der Waals surface area contributed by atoms with Gasteiger partial charge in [0, 0.05) is 16.8 Å². The molecule has 0 heterocycles. The molecule has 2 heteroatoms. The number of Topliss-reactive ketones (excluding diaryl/α,β-unsaturated/α-hetero) is 1. The lowest BCUT2D eigenvalue weighted by molar-refractivity contribution is 0.103. The van der Waals surface area contributed by atoms with E-state index >= 15 is 0 Å². The van der Waals surface area contributed by atoms with E-state index in [-0.39, 0.29) is 11.2 Å². The van der Waals surface area contributed by atoms with Crippen LogP contribution in [0.1, 0.15) is 43.5 Å². The molecule has 0 aromatic heterocycles. The topological polar surface area (TPSA) is 43.1 Å². The van der Waals surface area contributed by atoms with Crippen LogP contribution in [0.4, 0.5) is 0 Å². The largest absolute Gasteiger partial charge is 0.401 e. The van der Waals surface area contributed by atoms with Gasteiger partial charge in [0.1, 0.15) is 0 Å². The van der Waals surface area contributed by atoms with E-state index in [0.717, 1.165) is 25.0 Å². The molecule has 0 amide bonds. The fourth-order valence-electron chi connectivity index (χ4n) is 2.60. The lowest BCUT2D eigenvalue weighted by Gasteiger charge is -2.32. The van der Waals surface area contributed by atoms with Gasteiger partial charge in [-0.15, -0.1) is 0 Å². The monoisotopic (exact) mass is 255 g/mol. The van der Waals surface area contributed by atoms with Gasteiger partial charge in [-0.1, -0.05) is 56.3 Å². The summed E-state index contributed by atoms with van der Waals surface area (Å²) < 4.78 is 0. The average Bonchev–Trinajstić information content (AvgIpc) is 2.47. The molecule has 0 unspecified atom stereocenters. The number of allylic oxidation sites excluding steroid dienone is 4. The zero-order chi connectivity index (χ0) is 13.9. The van der Waals surface area contributed by atoms with Crippen molar-refractivity contribution in [2.24, 2.45) is 11.1 Å². The van der Waals surface area contributed by atoms with Gasteiger partial charge in [0.25, 0.3) is 0 Å². The minimum Gasteiger partial charge on any atom is -0.401 e. The molecule has 0 aliphatic heterocycles. The molecule has 0 saturated heterocycles. The molecule has 1 aromatic carbocycles. The van der Waals surface area contributed by atoms with Crippen molar-refractivity contribution in [3.63, 3.8) is 0 Å². The van der Waals surface area contributed by atoms with Crippen LogP contribution >= 0.6 is 0 Å². The Labute approximate surface area is 115 Å². The first kappa shape index (κ1) is 13.6. The third-order valence-electron chi connectivity index (χ3n) is 4.18. The smallest absolute Gasteiger partial charge is 0.194 e. The summed E-state index contributed by atoms with van der Waals surface area (Å²) in [7, 11) is 0. The fourth-order valence-corrected chi connectivity index (χ4v) is 2.60. The number of benzene rings is 1. The first-order chi connectivity index (χ1) is 9.12. The number of hydrogen-bond donors (Lipinski definition) is 1. The van der Waals surface area contributed by atoms with Crippen LogP contribution in [0.15, 0.2) is 53.8 Å². The molecule has 1 aliphatic rings. The lowest BCUT2D eigenvalue weighted by Crippen LogP contribution is -2.25. The summed E-state index contributed by atoms with van der Waals surface area (Å²) >= 11 is 0. The van der Waals surface area contributed by atoms with Crippen LogP contribution in [0, 0.1) is 5.41 Å². The molecular formula is C17H21NO. The summed E-state index contributed by atoms with van der Waals surface area (Å²) in [5.41, 5.74) is 8.36. The summed E-state index contributed by atoms with van der Waals surface area (Å²) in [6.07, 6.45) is 6.96. The van der Waals surface area contributed by atoms with E-state index in [1.165, 1.54) is 0 Å². The molecule has 100 valence electrons. The van der Waals surface area contributed by atoms with Gasteiger partial charge in [0.15, 0.2) is 5.78 Å². The van der Waals surface area contributed by atoms with Gasteiger partial charge in [-0.25, -0.2) is 0 Å². The summed E-state index contributed by atoms with van der Waals surface area (Å²) in [6.45, 7) is 4.34. The highest BCUT2D eigenvalue weighted by Crippen LogP contribution is 2.38. The standard InChI is InChI=1S/C17H21NO/c1-3-17(4-2)11-10-14(15(18)12-17)16(19)13-8-6-5-7-9-13/h5-11H,3-4,12,18H2,1-2H3. The van der Waals surface area contributed by atoms with E-state index in [0.29, 0.717) is 11.1 Å². The van der Waals surface area contributed by atoms with Crippen LogP contribution in [-0.4, -0.2) is 5.78 Å². The third-order valence-corrected chi connectivity index (χ3v) is 4.18. The van der Waals surface area contributed by atoms with Gasteiger partial charge in [-0.3, -0.25) is 4.79 Å². The molecule has 1 aliphatic carbocycles.